The van der Waals surface area contributed by atoms with Gasteiger partial charge in [0.1, 0.15) is 10.7 Å². The first kappa shape index (κ1) is 11.2. The van der Waals surface area contributed by atoms with E-state index in [0.717, 1.165) is 22.4 Å². The lowest BCUT2D eigenvalue weighted by Gasteiger charge is -2.00. The van der Waals surface area contributed by atoms with E-state index in [9.17, 15) is 4.79 Å². The van der Waals surface area contributed by atoms with Crippen molar-refractivity contribution in [2.45, 2.75) is 12.3 Å². The molecule has 1 aliphatic rings. The normalized spacial score (nSPS) is 12.7. The second kappa shape index (κ2) is 3.92. The van der Waals surface area contributed by atoms with Crippen molar-refractivity contribution in [2.75, 3.05) is 0 Å². The van der Waals surface area contributed by atoms with E-state index in [-0.39, 0.29) is 11.4 Å². The largest absolute Gasteiger partial charge is 0.309 e. The fourth-order valence-electron chi connectivity index (χ4n) is 2.66. The quantitative estimate of drug-likeness (QED) is 0.546. The Morgan fingerprint density at radius 3 is 3.05 bits per heavy atom. The molecule has 1 aromatic carbocycles. The summed E-state index contributed by atoms with van der Waals surface area (Å²) in [6.07, 6.45) is 0.891. The molecule has 0 atom stereocenters. The minimum Gasteiger partial charge on any atom is -0.309 e. The molecular formula is C14H9ClN2OS. The van der Waals surface area contributed by atoms with Crippen LogP contribution in [0, 0.1) is 0 Å². The number of aromatic nitrogens is 2. The van der Waals surface area contributed by atoms with E-state index in [4.69, 9.17) is 11.6 Å². The lowest BCUT2D eigenvalue weighted by atomic mass is 10.1. The summed E-state index contributed by atoms with van der Waals surface area (Å²) < 4.78 is 0. The van der Waals surface area contributed by atoms with Gasteiger partial charge in [0.2, 0.25) is 0 Å². The number of halogens is 1. The predicted molar refractivity (Wildman–Crippen MR) is 78.0 cm³/mol. The molecule has 2 aromatic heterocycles. The van der Waals surface area contributed by atoms with Crippen LogP contribution in [-0.4, -0.2) is 9.97 Å². The summed E-state index contributed by atoms with van der Waals surface area (Å²) in [6, 6.07) is 8.22. The van der Waals surface area contributed by atoms with Crippen LogP contribution in [0.15, 0.2) is 29.1 Å². The summed E-state index contributed by atoms with van der Waals surface area (Å²) in [6.45, 7) is 0. The molecule has 3 aromatic rings. The van der Waals surface area contributed by atoms with Crippen molar-refractivity contribution in [3.8, 4) is 11.1 Å². The summed E-state index contributed by atoms with van der Waals surface area (Å²) in [4.78, 5) is 21.4. The summed E-state index contributed by atoms with van der Waals surface area (Å²) in [5.41, 5.74) is 3.42. The summed E-state index contributed by atoms with van der Waals surface area (Å²) >= 11 is 7.34. The molecule has 0 saturated carbocycles. The van der Waals surface area contributed by atoms with E-state index in [1.807, 2.05) is 12.1 Å². The Morgan fingerprint density at radius 1 is 1.37 bits per heavy atom. The van der Waals surface area contributed by atoms with Gasteiger partial charge in [-0.2, -0.15) is 0 Å². The standard InChI is InChI=1S/C14H9ClN2OS/c15-6-10-16-13(18)12-11-8-4-2-1-3-7(8)5-9(11)19-14(12)17-10/h1-4H,5-6H2,(H,16,17,18). The Hall–Kier alpha value is -1.65. The van der Waals surface area contributed by atoms with E-state index < -0.39 is 0 Å². The van der Waals surface area contributed by atoms with Crippen LogP contribution in [0.3, 0.4) is 0 Å². The Bertz CT molecular complexity index is 865. The first-order chi connectivity index (χ1) is 9.28. The zero-order chi connectivity index (χ0) is 13.0. The lowest BCUT2D eigenvalue weighted by molar-refractivity contribution is 1.04. The van der Waals surface area contributed by atoms with Gasteiger partial charge in [-0.25, -0.2) is 4.98 Å². The molecule has 94 valence electrons. The molecule has 5 heteroatoms. The number of rotatable bonds is 1. The van der Waals surface area contributed by atoms with Gasteiger partial charge >= 0.3 is 0 Å². The van der Waals surface area contributed by atoms with E-state index in [2.05, 4.69) is 22.1 Å². The second-order valence-electron chi connectivity index (χ2n) is 4.56. The molecule has 1 N–H and O–H groups in total. The topological polar surface area (TPSA) is 45.8 Å². The first-order valence-corrected chi connectivity index (χ1v) is 7.32. The Kier molecular flexibility index (Phi) is 2.31. The molecule has 4 rings (SSSR count). The molecule has 0 amide bonds. The third kappa shape index (κ3) is 1.50. The van der Waals surface area contributed by atoms with Gasteiger partial charge in [0.25, 0.3) is 5.56 Å². The number of aromatic amines is 1. The average molecular weight is 289 g/mol. The van der Waals surface area contributed by atoms with Crippen LogP contribution in [0.1, 0.15) is 16.3 Å². The van der Waals surface area contributed by atoms with Crippen molar-refractivity contribution in [3.63, 3.8) is 0 Å². The highest BCUT2D eigenvalue weighted by Gasteiger charge is 2.25. The molecular weight excluding hydrogens is 280 g/mol. The molecule has 0 bridgehead atoms. The Labute approximate surface area is 117 Å². The van der Waals surface area contributed by atoms with Gasteiger partial charge in [0.15, 0.2) is 0 Å². The smallest absolute Gasteiger partial charge is 0.260 e. The van der Waals surface area contributed by atoms with Crippen LogP contribution in [0.2, 0.25) is 0 Å². The number of nitrogens with one attached hydrogen (secondary N) is 1. The van der Waals surface area contributed by atoms with Crippen LogP contribution >= 0.6 is 22.9 Å². The number of nitrogens with zero attached hydrogens (tertiary/aromatic N) is 1. The van der Waals surface area contributed by atoms with Gasteiger partial charge in [0.05, 0.1) is 11.3 Å². The molecule has 0 saturated heterocycles. The summed E-state index contributed by atoms with van der Waals surface area (Å²) in [7, 11) is 0. The minimum absolute atomic E-state index is 0.0881. The SMILES string of the molecule is O=c1[nH]c(CCl)nc2sc3c(c12)-c1ccccc1C3. The molecule has 0 spiro atoms. The van der Waals surface area contributed by atoms with Gasteiger partial charge < -0.3 is 4.98 Å². The number of alkyl halides is 1. The van der Waals surface area contributed by atoms with Crippen molar-refractivity contribution >= 4 is 33.2 Å². The zero-order valence-electron chi connectivity index (χ0n) is 9.87. The highest BCUT2D eigenvalue weighted by atomic mass is 35.5. The zero-order valence-corrected chi connectivity index (χ0v) is 11.4. The Balaban J connectivity index is 2.12. The van der Waals surface area contributed by atoms with Crippen LogP contribution in [0.5, 0.6) is 0 Å². The lowest BCUT2D eigenvalue weighted by Crippen LogP contribution is -2.10. The van der Waals surface area contributed by atoms with Gasteiger partial charge in [0, 0.05) is 16.9 Å². The van der Waals surface area contributed by atoms with E-state index in [0.29, 0.717) is 11.2 Å². The predicted octanol–water partition coefficient (Wildman–Crippen LogP) is 3.29. The van der Waals surface area contributed by atoms with Crippen molar-refractivity contribution in [1.29, 1.82) is 0 Å². The van der Waals surface area contributed by atoms with Gasteiger partial charge in [-0.3, -0.25) is 4.79 Å². The van der Waals surface area contributed by atoms with E-state index >= 15 is 0 Å². The van der Waals surface area contributed by atoms with Crippen LogP contribution in [0.4, 0.5) is 0 Å². The maximum atomic E-state index is 12.2. The van der Waals surface area contributed by atoms with Gasteiger partial charge in [-0.05, 0) is 11.1 Å². The molecule has 0 fully saturated rings. The fraction of sp³-hybridized carbons (Fsp3) is 0.143. The second-order valence-corrected chi connectivity index (χ2v) is 5.91. The monoisotopic (exact) mass is 288 g/mol. The molecule has 1 aliphatic carbocycles. The number of hydrogen-bond donors (Lipinski definition) is 1. The molecule has 0 radical (unpaired) electrons. The highest BCUT2D eigenvalue weighted by Crippen LogP contribution is 2.44. The van der Waals surface area contributed by atoms with E-state index in [1.54, 1.807) is 11.3 Å². The maximum absolute atomic E-state index is 12.2. The molecule has 19 heavy (non-hydrogen) atoms. The molecule has 3 nitrogen and oxygen atoms in total. The molecule has 0 aliphatic heterocycles. The van der Waals surface area contributed by atoms with Crippen LogP contribution in [0.25, 0.3) is 21.3 Å². The number of thiophene rings is 1. The summed E-state index contributed by atoms with van der Waals surface area (Å²) in [5, 5.41) is 0.707. The van der Waals surface area contributed by atoms with Crippen molar-refractivity contribution in [1.82, 2.24) is 9.97 Å². The summed E-state index contributed by atoms with van der Waals surface area (Å²) in [5.74, 6) is 0.761. The van der Waals surface area contributed by atoms with Gasteiger partial charge in [-0.1, -0.05) is 24.3 Å². The third-order valence-corrected chi connectivity index (χ3v) is 4.79. The van der Waals surface area contributed by atoms with Crippen molar-refractivity contribution in [2.24, 2.45) is 0 Å². The highest BCUT2D eigenvalue weighted by molar-refractivity contribution is 7.19. The van der Waals surface area contributed by atoms with E-state index in [1.165, 1.54) is 10.4 Å². The third-order valence-electron chi connectivity index (χ3n) is 3.45. The van der Waals surface area contributed by atoms with Crippen LogP contribution in [-0.2, 0) is 12.3 Å². The van der Waals surface area contributed by atoms with Crippen molar-refractivity contribution < 1.29 is 0 Å². The van der Waals surface area contributed by atoms with Gasteiger partial charge in [-0.15, -0.1) is 22.9 Å². The average Bonchev–Trinajstić information content (AvgIpc) is 2.93. The Morgan fingerprint density at radius 2 is 2.21 bits per heavy atom. The number of hydrogen-bond acceptors (Lipinski definition) is 3. The molecule has 2 heterocycles. The minimum atomic E-state index is -0.0881. The van der Waals surface area contributed by atoms with Crippen molar-refractivity contribution in [3.05, 3.63) is 50.9 Å². The number of benzene rings is 1. The van der Waals surface area contributed by atoms with Crippen LogP contribution < -0.4 is 5.56 Å². The molecule has 0 unspecified atom stereocenters. The number of H-pyrrole nitrogens is 1. The maximum Gasteiger partial charge on any atom is 0.260 e. The first-order valence-electron chi connectivity index (χ1n) is 5.96. The number of fused-ring (bicyclic) bond motifs is 5. The fourth-order valence-corrected chi connectivity index (χ4v) is 4.02.